The van der Waals surface area contributed by atoms with E-state index < -0.39 is 0 Å². The molecule has 0 unspecified atom stereocenters. The van der Waals surface area contributed by atoms with Crippen LogP contribution in [0.2, 0.25) is 0 Å². The van der Waals surface area contributed by atoms with E-state index in [0.29, 0.717) is 0 Å². The average Bonchev–Trinajstić information content (AvgIpc) is 3.85. The first-order valence-electron chi connectivity index (χ1n) is 22.6. The van der Waals surface area contributed by atoms with Gasteiger partial charge in [-0.25, -0.2) is 0 Å². The molecule has 11 aromatic rings. The van der Waals surface area contributed by atoms with Gasteiger partial charge in [-0.3, -0.25) is 0 Å². The largest absolute Gasteiger partial charge is 0.345 e. The van der Waals surface area contributed by atoms with Gasteiger partial charge in [0.2, 0.25) is 0 Å². The lowest BCUT2D eigenvalue weighted by Crippen LogP contribution is -2.13. The van der Waals surface area contributed by atoms with Crippen molar-refractivity contribution >= 4 is 66.4 Å². The van der Waals surface area contributed by atoms with Crippen molar-refractivity contribution in [3.05, 3.63) is 217 Å². The highest BCUT2D eigenvalue weighted by Crippen LogP contribution is 2.40. The fourth-order valence-electron chi connectivity index (χ4n) is 9.62. The maximum Gasteiger partial charge on any atom is 0.0542 e. The average molecular weight is 841 g/mol. The van der Waals surface area contributed by atoms with Crippen molar-refractivity contribution in [2.75, 3.05) is 23.9 Å². The van der Waals surface area contributed by atoms with Crippen LogP contribution in [0.1, 0.15) is 31.9 Å². The number of aromatic nitrogens is 2. The lowest BCUT2D eigenvalue weighted by Gasteiger charge is -2.23. The first kappa shape index (κ1) is 40.0. The zero-order valence-corrected chi connectivity index (χ0v) is 37.9. The number of para-hydroxylation sites is 2. The van der Waals surface area contributed by atoms with Crippen molar-refractivity contribution in [1.82, 2.24) is 9.13 Å². The number of anilines is 4. The van der Waals surface area contributed by atoms with E-state index in [9.17, 15) is 0 Å². The lowest BCUT2D eigenvalue weighted by molar-refractivity contribution is 0.590. The first-order valence-corrected chi connectivity index (χ1v) is 22.6. The molecule has 4 heteroatoms. The van der Waals surface area contributed by atoms with E-state index in [1.165, 1.54) is 88.4 Å². The van der Waals surface area contributed by atoms with Gasteiger partial charge in [-0.05, 0) is 149 Å². The number of aryl methyl sites for hydroxylation is 1. The van der Waals surface area contributed by atoms with Crippen molar-refractivity contribution in [2.24, 2.45) is 0 Å². The molecule has 9 aromatic carbocycles. The van der Waals surface area contributed by atoms with E-state index in [2.05, 4.69) is 267 Å². The Hall–Kier alpha value is -7.82. The Balaban J connectivity index is 0.944. The highest BCUT2D eigenvalue weighted by molar-refractivity contribution is 6.12. The van der Waals surface area contributed by atoms with Gasteiger partial charge in [0, 0.05) is 69.8 Å². The molecule has 4 nitrogen and oxygen atoms in total. The highest BCUT2D eigenvalue weighted by atomic mass is 15.1. The molecule has 0 amide bonds. The third-order valence-corrected chi connectivity index (χ3v) is 13.4. The summed E-state index contributed by atoms with van der Waals surface area (Å²) in [7, 11) is 4.29. The summed E-state index contributed by atoms with van der Waals surface area (Å²) in [6.07, 6.45) is 0. The zero-order chi connectivity index (χ0) is 44.4. The van der Waals surface area contributed by atoms with Crippen LogP contribution in [-0.2, 0) is 5.41 Å². The van der Waals surface area contributed by atoms with Crippen LogP contribution in [0.4, 0.5) is 22.7 Å². The standard InChI is InChI=1S/C61H52N4/c1-41-16-26-47(27-17-41)62(5)48-28-18-42(19-29-48)44-22-35-58-54(38-44)53-14-10-11-15-57(53)65(58)51-30-20-43(21-31-51)45-23-36-59-55(39-45)56-40-52(34-37-60(56)64(59)50-12-8-7-9-13-50)63(6)49-32-24-46(25-33-49)61(2,3)4/h7-40H,1-6H3. The van der Waals surface area contributed by atoms with Crippen molar-refractivity contribution < 1.29 is 0 Å². The fourth-order valence-corrected chi connectivity index (χ4v) is 9.62. The van der Waals surface area contributed by atoms with Gasteiger partial charge in [-0.15, -0.1) is 0 Å². The molecule has 0 atom stereocenters. The molecule has 0 N–H and O–H groups in total. The molecular formula is C61H52N4. The smallest absolute Gasteiger partial charge is 0.0542 e. The quantitative estimate of drug-likeness (QED) is 0.152. The number of hydrogen-bond donors (Lipinski definition) is 0. The van der Waals surface area contributed by atoms with Gasteiger partial charge in [0.15, 0.2) is 0 Å². The van der Waals surface area contributed by atoms with Gasteiger partial charge in [-0.1, -0.05) is 123 Å². The number of fused-ring (bicyclic) bond motifs is 6. The summed E-state index contributed by atoms with van der Waals surface area (Å²) in [5.74, 6) is 0. The molecule has 0 radical (unpaired) electrons. The highest BCUT2D eigenvalue weighted by Gasteiger charge is 2.18. The van der Waals surface area contributed by atoms with E-state index in [0.717, 1.165) is 22.7 Å². The minimum atomic E-state index is 0.109. The van der Waals surface area contributed by atoms with Gasteiger partial charge in [0.1, 0.15) is 0 Å². The second kappa shape index (κ2) is 15.8. The number of hydrogen-bond acceptors (Lipinski definition) is 2. The molecule has 11 rings (SSSR count). The molecule has 316 valence electrons. The molecule has 0 bridgehead atoms. The molecule has 2 aromatic heterocycles. The van der Waals surface area contributed by atoms with Gasteiger partial charge >= 0.3 is 0 Å². The van der Waals surface area contributed by atoms with Crippen molar-refractivity contribution in [3.63, 3.8) is 0 Å². The Bertz CT molecular complexity index is 3510. The van der Waals surface area contributed by atoms with Crippen molar-refractivity contribution in [2.45, 2.75) is 33.1 Å². The van der Waals surface area contributed by atoms with E-state index in [1.807, 2.05) is 0 Å². The second-order valence-corrected chi connectivity index (χ2v) is 18.5. The van der Waals surface area contributed by atoms with Gasteiger partial charge in [0.05, 0.1) is 22.1 Å². The summed E-state index contributed by atoms with van der Waals surface area (Å²) in [4.78, 5) is 4.52. The molecule has 0 saturated heterocycles. The van der Waals surface area contributed by atoms with Crippen molar-refractivity contribution in [1.29, 1.82) is 0 Å². The predicted molar refractivity (Wildman–Crippen MR) is 278 cm³/mol. The van der Waals surface area contributed by atoms with Crippen LogP contribution in [0.5, 0.6) is 0 Å². The van der Waals surface area contributed by atoms with Crippen LogP contribution >= 0.6 is 0 Å². The molecule has 65 heavy (non-hydrogen) atoms. The van der Waals surface area contributed by atoms with Crippen LogP contribution in [0.25, 0.3) is 77.2 Å². The van der Waals surface area contributed by atoms with E-state index in [1.54, 1.807) is 0 Å². The molecule has 0 aliphatic rings. The molecule has 2 heterocycles. The second-order valence-electron chi connectivity index (χ2n) is 18.5. The SMILES string of the molecule is Cc1ccc(N(C)c2ccc(-c3ccc4c(c3)c3ccccc3n4-c3ccc(-c4ccc5c(c4)c4cc(N(C)c6ccc(C(C)(C)C)cc6)ccc4n5-c4ccccc4)cc3)cc2)cc1. The summed E-state index contributed by atoms with van der Waals surface area (Å²) < 4.78 is 4.80. The monoisotopic (exact) mass is 840 g/mol. The summed E-state index contributed by atoms with van der Waals surface area (Å²) >= 11 is 0. The summed E-state index contributed by atoms with van der Waals surface area (Å²) in [6, 6.07) is 75.9. The van der Waals surface area contributed by atoms with Gasteiger partial charge < -0.3 is 18.9 Å². The topological polar surface area (TPSA) is 16.3 Å². The number of benzene rings is 9. The van der Waals surface area contributed by atoms with Gasteiger partial charge in [-0.2, -0.15) is 0 Å². The lowest BCUT2D eigenvalue weighted by atomic mass is 9.87. The Morgan fingerprint density at radius 1 is 0.338 bits per heavy atom. The van der Waals surface area contributed by atoms with E-state index >= 15 is 0 Å². The van der Waals surface area contributed by atoms with Crippen LogP contribution < -0.4 is 9.80 Å². The van der Waals surface area contributed by atoms with Crippen LogP contribution in [0, 0.1) is 6.92 Å². The minimum Gasteiger partial charge on any atom is -0.345 e. The molecule has 0 aliphatic carbocycles. The Morgan fingerprint density at radius 3 is 1.32 bits per heavy atom. The zero-order valence-electron chi connectivity index (χ0n) is 37.9. The molecule has 0 spiro atoms. The van der Waals surface area contributed by atoms with E-state index in [4.69, 9.17) is 0 Å². The Kier molecular flexibility index (Phi) is 9.70. The summed E-state index contributed by atoms with van der Waals surface area (Å²) in [6.45, 7) is 8.91. The molecule has 0 saturated carbocycles. The van der Waals surface area contributed by atoms with Gasteiger partial charge in [0.25, 0.3) is 0 Å². The minimum absolute atomic E-state index is 0.109. The maximum atomic E-state index is 2.41. The van der Waals surface area contributed by atoms with Crippen molar-refractivity contribution in [3.8, 4) is 33.6 Å². The predicted octanol–water partition coefficient (Wildman–Crippen LogP) is 16.4. The first-order chi connectivity index (χ1) is 31.6. The third-order valence-electron chi connectivity index (χ3n) is 13.4. The number of rotatable bonds is 8. The fraction of sp³-hybridized carbons (Fsp3) is 0.115. The molecule has 0 fully saturated rings. The molecule has 0 aliphatic heterocycles. The molecular weight excluding hydrogens is 789 g/mol. The maximum absolute atomic E-state index is 2.41. The summed E-state index contributed by atoms with van der Waals surface area (Å²) in [5, 5.41) is 4.95. The third kappa shape index (κ3) is 7.12. The number of nitrogens with zero attached hydrogens (tertiary/aromatic N) is 4. The van der Waals surface area contributed by atoms with Crippen LogP contribution in [0.15, 0.2) is 206 Å². The van der Waals surface area contributed by atoms with Crippen LogP contribution in [-0.4, -0.2) is 23.2 Å². The Morgan fingerprint density at radius 2 is 0.738 bits per heavy atom. The summed E-state index contributed by atoms with van der Waals surface area (Å²) in [5.41, 5.74) is 19.2. The van der Waals surface area contributed by atoms with Crippen LogP contribution in [0.3, 0.4) is 0 Å². The van der Waals surface area contributed by atoms with E-state index in [-0.39, 0.29) is 5.41 Å². The normalized spacial score (nSPS) is 11.8. The Labute approximate surface area is 381 Å².